The summed E-state index contributed by atoms with van der Waals surface area (Å²) in [5.74, 6) is 0. The van der Waals surface area contributed by atoms with Crippen molar-refractivity contribution >= 4 is 6.29 Å². The van der Waals surface area contributed by atoms with Crippen molar-refractivity contribution in [3.63, 3.8) is 0 Å². The molecule has 0 aliphatic rings. The van der Waals surface area contributed by atoms with Gasteiger partial charge in [-0.1, -0.05) is 30.3 Å². The highest BCUT2D eigenvalue weighted by atomic mass is 16.5. The molecule has 0 saturated heterocycles. The summed E-state index contributed by atoms with van der Waals surface area (Å²) in [6.07, 6.45) is 0.770. The van der Waals surface area contributed by atoms with Gasteiger partial charge in [-0.2, -0.15) is 0 Å². The van der Waals surface area contributed by atoms with Gasteiger partial charge in [0.05, 0.1) is 6.61 Å². The molecule has 3 heteroatoms. The Morgan fingerprint density at radius 3 is 2.36 bits per heavy atom. The molecule has 76 valence electrons. The number of hydrogen-bond acceptors (Lipinski definition) is 3. The van der Waals surface area contributed by atoms with Crippen LogP contribution in [0.2, 0.25) is 0 Å². The normalized spacial score (nSPS) is 14.7. The lowest BCUT2D eigenvalue weighted by molar-refractivity contribution is -0.135. The zero-order valence-corrected chi connectivity index (χ0v) is 8.40. The minimum atomic E-state index is -0.976. The quantitative estimate of drug-likeness (QED) is 0.664. The van der Waals surface area contributed by atoms with E-state index in [1.165, 1.54) is 7.11 Å². The van der Waals surface area contributed by atoms with Crippen LogP contribution in [-0.2, 0) is 19.9 Å². The topological polar surface area (TPSA) is 35.5 Å². The Morgan fingerprint density at radius 2 is 1.93 bits per heavy atom. The van der Waals surface area contributed by atoms with Crippen LogP contribution in [0.4, 0.5) is 0 Å². The van der Waals surface area contributed by atoms with Gasteiger partial charge in [0, 0.05) is 14.2 Å². The van der Waals surface area contributed by atoms with Gasteiger partial charge < -0.3 is 9.47 Å². The molecule has 0 aliphatic heterocycles. The maximum Gasteiger partial charge on any atom is 0.171 e. The Bertz CT molecular complexity index is 284. The molecule has 0 heterocycles. The summed E-state index contributed by atoms with van der Waals surface area (Å²) < 4.78 is 10.2. The van der Waals surface area contributed by atoms with Crippen LogP contribution < -0.4 is 0 Å². The maximum atomic E-state index is 11.0. The number of carbonyl (C=O) groups is 1. The first-order valence-electron chi connectivity index (χ1n) is 4.35. The Balaban J connectivity index is 3.04. The van der Waals surface area contributed by atoms with Crippen molar-refractivity contribution in [3.05, 3.63) is 35.9 Å². The lowest BCUT2D eigenvalue weighted by Gasteiger charge is -2.25. The number of hydrogen-bond donors (Lipinski definition) is 0. The second-order valence-electron chi connectivity index (χ2n) is 3.01. The first kappa shape index (κ1) is 10.9. The number of benzene rings is 1. The van der Waals surface area contributed by atoms with Crippen molar-refractivity contribution in [2.45, 2.75) is 5.60 Å². The van der Waals surface area contributed by atoms with Crippen LogP contribution in [0.3, 0.4) is 0 Å². The lowest BCUT2D eigenvalue weighted by atomic mass is 9.96. The number of aldehydes is 1. The van der Waals surface area contributed by atoms with E-state index in [-0.39, 0.29) is 6.61 Å². The number of ether oxygens (including phenoxy) is 2. The zero-order chi connectivity index (χ0) is 10.4. The average Bonchev–Trinajstić information content (AvgIpc) is 2.27. The van der Waals surface area contributed by atoms with Crippen LogP contribution in [0.5, 0.6) is 0 Å². The summed E-state index contributed by atoms with van der Waals surface area (Å²) in [5, 5.41) is 0. The van der Waals surface area contributed by atoms with E-state index >= 15 is 0 Å². The summed E-state index contributed by atoms with van der Waals surface area (Å²) >= 11 is 0. The highest BCUT2D eigenvalue weighted by molar-refractivity contribution is 5.66. The first-order valence-corrected chi connectivity index (χ1v) is 4.35. The van der Waals surface area contributed by atoms with Gasteiger partial charge in [0.2, 0.25) is 0 Å². The number of rotatable bonds is 5. The van der Waals surface area contributed by atoms with Crippen molar-refractivity contribution in [2.75, 3.05) is 20.8 Å². The molecular formula is C11H14O3. The molecule has 1 rings (SSSR count). The molecule has 0 N–H and O–H groups in total. The number of carbonyl (C=O) groups excluding carboxylic acids is 1. The van der Waals surface area contributed by atoms with Crippen LogP contribution >= 0.6 is 0 Å². The minimum absolute atomic E-state index is 0.219. The van der Waals surface area contributed by atoms with Gasteiger partial charge in [-0.25, -0.2) is 0 Å². The van der Waals surface area contributed by atoms with Gasteiger partial charge in [0.1, 0.15) is 0 Å². The Hall–Kier alpha value is -1.19. The van der Waals surface area contributed by atoms with Crippen molar-refractivity contribution in [1.82, 2.24) is 0 Å². The third kappa shape index (κ3) is 2.00. The predicted molar refractivity (Wildman–Crippen MR) is 53.1 cm³/mol. The van der Waals surface area contributed by atoms with Gasteiger partial charge in [-0.15, -0.1) is 0 Å². The van der Waals surface area contributed by atoms with Crippen molar-refractivity contribution in [3.8, 4) is 0 Å². The summed E-state index contributed by atoms with van der Waals surface area (Å²) in [7, 11) is 3.04. The second kappa shape index (κ2) is 4.88. The molecule has 0 spiro atoms. The van der Waals surface area contributed by atoms with E-state index in [0.29, 0.717) is 0 Å². The maximum absolute atomic E-state index is 11.0. The van der Waals surface area contributed by atoms with Crippen LogP contribution in [0.15, 0.2) is 30.3 Å². The molecule has 3 nitrogen and oxygen atoms in total. The molecule has 1 aromatic rings. The smallest absolute Gasteiger partial charge is 0.171 e. The van der Waals surface area contributed by atoms with Gasteiger partial charge in [-0.05, 0) is 5.56 Å². The van der Waals surface area contributed by atoms with Crippen molar-refractivity contribution in [2.24, 2.45) is 0 Å². The Kier molecular flexibility index (Phi) is 3.80. The van der Waals surface area contributed by atoms with E-state index in [9.17, 15) is 4.79 Å². The van der Waals surface area contributed by atoms with Crippen LogP contribution in [-0.4, -0.2) is 27.1 Å². The fraction of sp³-hybridized carbons (Fsp3) is 0.364. The minimum Gasteiger partial charge on any atom is -0.381 e. The molecule has 0 saturated carbocycles. The monoisotopic (exact) mass is 194 g/mol. The first-order chi connectivity index (χ1) is 6.79. The van der Waals surface area contributed by atoms with Crippen molar-refractivity contribution < 1.29 is 14.3 Å². The van der Waals surface area contributed by atoms with Crippen LogP contribution in [0.25, 0.3) is 0 Å². The van der Waals surface area contributed by atoms with E-state index in [4.69, 9.17) is 9.47 Å². The van der Waals surface area contributed by atoms with Crippen molar-refractivity contribution in [1.29, 1.82) is 0 Å². The number of methoxy groups -OCH3 is 2. The molecule has 0 amide bonds. The molecule has 14 heavy (non-hydrogen) atoms. The molecule has 1 atom stereocenters. The van der Waals surface area contributed by atoms with E-state index in [2.05, 4.69) is 0 Å². The summed E-state index contributed by atoms with van der Waals surface area (Å²) in [6, 6.07) is 9.31. The molecule has 0 bridgehead atoms. The fourth-order valence-corrected chi connectivity index (χ4v) is 1.34. The molecule has 0 aromatic heterocycles. The molecule has 0 fully saturated rings. The standard InChI is InChI=1S/C11H14O3/c1-13-9-11(8-12,14-2)10-6-4-3-5-7-10/h3-8H,9H2,1-2H3. The van der Waals surface area contributed by atoms with E-state index in [1.54, 1.807) is 7.11 Å². The molecule has 0 radical (unpaired) electrons. The SMILES string of the molecule is COCC(C=O)(OC)c1ccccc1. The highest BCUT2D eigenvalue weighted by Crippen LogP contribution is 2.22. The summed E-state index contributed by atoms with van der Waals surface area (Å²) in [6.45, 7) is 0.219. The summed E-state index contributed by atoms with van der Waals surface area (Å²) in [4.78, 5) is 11.0. The van der Waals surface area contributed by atoms with Gasteiger partial charge >= 0.3 is 0 Å². The second-order valence-corrected chi connectivity index (χ2v) is 3.01. The predicted octanol–water partition coefficient (Wildman–Crippen LogP) is 1.37. The molecule has 0 aliphatic carbocycles. The third-order valence-electron chi connectivity index (χ3n) is 2.18. The largest absolute Gasteiger partial charge is 0.381 e. The zero-order valence-electron chi connectivity index (χ0n) is 8.40. The van der Waals surface area contributed by atoms with Crippen LogP contribution in [0.1, 0.15) is 5.56 Å². The van der Waals surface area contributed by atoms with Gasteiger partial charge in [0.15, 0.2) is 11.9 Å². The molecular weight excluding hydrogens is 180 g/mol. The molecule has 1 aromatic carbocycles. The van der Waals surface area contributed by atoms with Gasteiger partial charge in [0.25, 0.3) is 0 Å². The Morgan fingerprint density at radius 1 is 1.29 bits per heavy atom. The lowest BCUT2D eigenvalue weighted by Crippen LogP contribution is -2.35. The highest BCUT2D eigenvalue weighted by Gasteiger charge is 2.31. The van der Waals surface area contributed by atoms with E-state index in [1.807, 2.05) is 30.3 Å². The Labute approximate surface area is 83.6 Å². The molecule has 1 unspecified atom stereocenters. The van der Waals surface area contributed by atoms with Crippen LogP contribution in [0, 0.1) is 0 Å². The van der Waals surface area contributed by atoms with E-state index < -0.39 is 5.60 Å². The van der Waals surface area contributed by atoms with Gasteiger partial charge in [-0.3, -0.25) is 4.79 Å². The fourth-order valence-electron chi connectivity index (χ4n) is 1.34. The van der Waals surface area contributed by atoms with E-state index in [0.717, 1.165) is 11.8 Å². The average molecular weight is 194 g/mol. The third-order valence-corrected chi connectivity index (χ3v) is 2.18. The summed E-state index contributed by atoms with van der Waals surface area (Å²) in [5.41, 5.74) is -0.171.